The first-order valence-electron chi connectivity index (χ1n) is 5.16. The van der Waals surface area contributed by atoms with Crippen LogP contribution in [0.2, 0.25) is 5.02 Å². The Balaban J connectivity index is 2.37. The fraction of sp³-hybridized carbons (Fsp3) is 0. The second-order valence-corrected chi connectivity index (χ2v) is 4.05. The molecular formula is C13H10ClNO3. The third kappa shape index (κ3) is 2.55. The number of para-hydroxylation sites is 2. The highest BCUT2D eigenvalue weighted by Crippen LogP contribution is 2.30. The van der Waals surface area contributed by atoms with Crippen LogP contribution in [0.4, 0.5) is 11.4 Å². The molecule has 2 aromatic carbocycles. The van der Waals surface area contributed by atoms with Gasteiger partial charge in [0.15, 0.2) is 0 Å². The van der Waals surface area contributed by atoms with E-state index in [-0.39, 0.29) is 11.3 Å². The quantitative estimate of drug-likeness (QED) is 0.742. The van der Waals surface area contributed by atoms with E-state index in [0.29, 0.717) is 16.4 Å². The highest BCUT2D eigenvalue weighted by molar-refractivity contribution is 6.33. The molecule has 0 unspecified atom stereocenters. The number of aromatic hydroxyl groups is 1. The molecule has 5 heteroatoms. The molecule has 0 aromatic heterocycles. The van der Waals surface area contributed by atoms with E-state index < -0.39 is 5.97 Å². The Kier molecular flexibility index (Phi) is 3.39. The van der Waals surface area contributed by atoms with Gasteiger partial charge in [-0.3, -0.25) is 0 Å². The minimum atomic E-state index is -1.04. The number of phenols is 1. The van der Waals surface area contributed by atoms with Gasteiger partial charge in [-0.1, -0.05) is 23.7 Å². The largest absolute Gasteiger partial charge is 0.506 e. The molecule has 0 saturated carbocycles. The molecule has 18 heavy (non-hydrogen) atoms. The van der Waals surface area contributed by atoms with E-state index >= 15 is 0 Å². The monoisotopic (exact) mass is 263 g/mol. The molecule has 0 bridgehead atoms. The number of anilines is 2. The molecule has 0 radical (unpaired) electrons. The molecular weight excluding hydrogens is 254 g/mol. The molecule has 0 amide bonds. The van der Waals surface area contributed by atoms with Crippen molar-refractivity contribution in [3.63, 3.8) is 0 Å². The standard InChI is InChI=1S/C13H10ClNO3/c14-9-6-5-8(13(17)18)7-11(9)15-10-3-1-2-4-12(10)16/h1-7,15-16H,(H,17,18). The number of carbonyl (C=O) groups is 1. The van der Waals surface area contributed by atoms with Crippen LogP contribution < -0.4 is 5.32 Å². The molecule has 3 N–H and O–H groups in total. The van der Waals surface area contributed by atoms with Crippen molar-refractivity contribution in [3.8, 4) is 5.75 Å². The second kappa shape index (κ2) is 4.98. The number of carboxylic acid groups (broad SMARTS) is 1. The predicted octanol–water partition coefficient (Wildman–Crippen LogP) is 3.49. The van der Waals surface area contributed by atoms with Crippen LogP contribution in [-0.2, 0) is 0 Å². The molecule has 0 atom stereocenters. The van der Waals surface area contributed by atoms with Crippen LogP contribution in [0.1, 0.15) is 10.4 Å². The summed E-state index contributed by atoms with van der Waals surface area (Å²) in [4.78, 5) is 10.9. The van der Waals surface area contributed by atoms with Crippen molar-refractivity contribution in [2.75, 3.05) is 5.32 Å². The predicted molar refractivity (Wildman–Crippen MR) is 69.8 cm³/mol. The fourth-order valence-electron chi connectivity index (χ4n) is 1.48. The average Bonchev–Trinajstić information content (AvgIpc) is 2.34. The van der Waals surface area contributed by atoms with E-state index in [1.807, 2.05) is 0 Å². The van der Waals surface area contributed by atoms with Gasteiger partial charge in [-0.15, -0.1) is 0 Å². The Morgan fingerprint density at radius 3 is 2.50 bits per heavy atom. The normalized spacial score (nSPS) is 10.1. The number of rotatable bonds is 3. The summed E-state index contributed by atoms with van der Waals surface area (Å²) in [5.41, 5.74) is 1.01. The average molecular weight is 264 g/mol. The molecule has 92 valence electrons. The molecule has 2 aromatic rings. The van der Waals surface area contributed by atoms with Crippen molar-refractivity contribution >= 4 is 28.9 Å². The number of hydrogen-bond donors (Lipinski definition) is 3. The Morgan fingerprint density at radius 2 is 1.83 bits per heavy atom. The maximum atomic E-state index is 10.9. The van der Waals surface area contributed by atoms with Crippen molar-refractivity contribution in [3.05, 3.63) is 53.1 Å². The lowest BCUT2D eigenvalue weighted by molar-refractivity contribution is 0.0697. The summed E-state index contributed by atoms with van der Waals surface area (Å²) in [6.45, 7) is 0. The zero-order chi connectivity index (χ0) is 13.1. The number of hydrogen-bond acceptors (Lipinski definition) is 3. The maximum Gasteiger partial charge on any atom is 0.335 e. The molecule has 0 saturated heterocycles. The molecule has 0 aliphatic carbocycles. The van der Waals surface area contributed by atoms with Crippen molar-refractivity contribution < 1.29 is 15.0 Å². The van der Waals surface area contributed by atoms with Crippen LogP contribution in [0.15, 0.2) is 42.5 Å². The third-order valence-electron chi connectivity index (χ3n) is 2.39. The number of phenolic OH excluding ortho intramolecular Hbond substituents is 1. The molecule has 4 nitrogen and oxygen atoms in total. The zero-order valence-electron chi connectivity index (χ0n) is 9.22. The number of benzene rings is 2. The highest BCUT2D eigenvalue weighted by atomic mass is 35.5. The van der Waals surface area contributed by atoms with Crippen molar-refractivity contribution in [2.45, 2.75) is 0 Å². The van der Waals surface area contributed by atoms with Crippen LogP contribution in [0.3, 0.4) is 0 Å². The minimum Gasteiger partial charge on any atom is -0.506 e. The summed E-state index contributed by atoms with van der Waals surface area (Å²) in [5.74, 6) is -0.971. The van der Waals surface area contributed by atoms with Gasteiger partial charge >= 0.3 is 5.97 Å². The van der Waals surface area contributed by atoms with Gasteiger partial charge < -0.3 is 15.5 Å². The van der Waals surface area contributed by atoms with Crippen LogP contribution in [0.25, 0.3) is 0 Å². The van der Waals surface area contributed by atoms with E-state index in [9.17, 15) is 9.90 Å². The van der Waals surface area contributed by atoms with Crippen molar-refractivity contribution in [1.82, 2.24) is 0 Å². The van der Waals surface area contributed by atoms with Gasteiger partial charge in [-0.05, 0) is 30.3 Å². The van der Waals surface area contributed by atoms with Crippen LogP contribution in [0, 0.1) is 0 Å². The number of aromatic carboxylic acids is 1. The third-order valence-corrected chi connectivity index (χ3v) is 2.72. The Bertz CT molecular complexity index is 599. The molecule has 0 spiro atoms. The first-order chi connectivity index (χ1) is 8.58. The second-order valence-electron chi connectivity index (χ2n) is 3.64. The zero-order valence-corrected chi connectivity index (χ0v) is 9.98. The molecule has 0 aliphatic rings. The van der Waals surface area contributed by atoms with Crippen molar-refractivity contribution in [1.29, 1.82) is 0 Å². The van der Waals surface area contributed by atoms with Gasteiger partial charge in [-0.2, -0.15) is 0 Å². The van der Waals surface area contributed by atoms with E-state index in [1.54, 1.807) is 18.2 Å². The van der Waals surface area contributed by atoms with Crippen LogP contribution in [0.5, 0.6) is 5.75 Å². The SMILES string of the molecule is O=C(O)c1ccc(Cl)c(Nc2ccccc2O)c1. The summed E-state index contributed by atoms with van der Waals surface area (Å²) in [5, 5.41) is 21.8. The maximum absolute atomic E-state index is 10.9. The Morgan fingerprint density at radius 1 is 1.11 bits per heavy atom. The van der Waals surface area contributed by atoms with E-state index in [2.05, 4.69) is 5.32 Å². The van der Waals surface area contributed by atoms with E-state index in [4.69, 9.17) is 16.7 Å². The molecule has 0 heterocycles. The van der Waals surface area contributed by atoms with Gasteiger partial charge in [-0.25, -0.2) is 4.79 Å². The summed E-state index contributed by atoms with van der Waals surface area (Å²) in [6.07, 6.45) is 0. The number of halogens is 1. The lowest BCUT2D eigenvalue weighted by Crippen LogP contribution is -1.98. The lowest BCUT2D eigenvalue weighted by atomic mass is 10.2. The first kappa shape index (κ1) is 12.3. The smallest absolute Gasteiger partial charge is 0.335 e. The molecule has 2 rings (SSSR count). The molecule has 0 aliphatic heterocycles. The minimum absolute atomic E-state index is 0.0642. The summed E-state index contributed by atoms with van der Waals surface area (Å²) in [7, 11) is 0. The number of nitrogens with one attached hydrogen (secondary N) is 1. The van der Waals surface area contributed by atoms with Crippen molar-refractivity contribution in [2.24, 2.45) is 0 Å². The first-order valence-corrected chi connectivity index (χ1v) is 5.53. The van der Waals surface area contributed by atoms with E-state index in [0.717, 1.165) is 0 Å². The molecule has 0 fully saturated rings. The topological polar surface area (TPSA) is 69.6 Å². The Hall–Kier alpha value is -2.20. The highest BCUT2D eigenvalue weighted by Gasteiger charge is 2.08. The van der Waals surface area contributed by atoms with Gasteiger partial charge in [0.2, 0.25) is 0 Å². The fourth-order valence-corrected chi connectivity index (χ4v) is 1.64. The van der Waals surface area contributed by atoms with Crippen LogP contribution >= 0.6 is 11.6 Å². The van der Waals surface area contributed by atoms with Gasteiger partial charge in [0.25, 0.3) is 0 Å². The number of carboxylic acids is 1. The van der Waals surface area contributed by atoms with Gasteiger partial charge in [0.1, 0.15) is 5.75 Å². The summed E-state index contributed by atoms with van der Waals surface area (Å²) >= 11 is 5.97. The van der Waals surface area contributed by atoms with Gasteiger partial charge in [0.05, 0.1) is 22.0 Å². The summed E-state index contributed by atoms with van der Waals surface area (Å²) in [6, 6.07) is 11.0. The Labute approximate surface area is 108 Å². The van der Waals surface area contributed by atoms with Crippen LogP contribution in [-0.4, -0.2) is 16.2 Å². The lowest BCUT2D eigenvalue weighted by Gasteiger charge is -2.10. The van der Waals surface area contributed by atoms with E-state index in [1.165, 1.54) is 24.3 Å². The summed E-state index contributed by atoms with van der Waals surface area (Å²) < 4.78 is 0. The van der Waals surface area contributed by atoms with Gasteiger partial charge in [0, 0.05) is 0 Å².